The zero-order chi connectivity index (χ0) is 23.9. The van der Waals surface area contributed by atoms with E-state index in [-0.39, 0.29) is 11.2 Å². The minimum absolute atomic E-state index is 0.0912. The monoisotopic (exact) mass is 472 g/mol. The molecule has 0 amide bonds. The summed E-state index contributed by atoms with van der Waals surface area (Å²) in [4.78, 5) is 21.5. The van der Waals surface area contributed by atoms with Gasteiger partial charge in [-0.15, -0.1) is 12.6 Å². The van der Waals surface area contributed by atoms with Crippen molar-refractivity contribution in [2.24, 2.45) is 0 Å². The lowest BCUT2D eigenvalue weighted by molar-refractivity contribution is -0.137. The predicted octanol–water partition coefficient (Wildman–Crippen LogP) is 6.51. The van der Waals surface area contributed by atoms with Crippen LogP contribution in [0.25, 0.3) is 0 Å². The van der Waals surface area contributed by atoms with Gasteiger partial charge in [0, 0.05) is 12.5 Å². The summed E-state index contributed by atoms with van der Waals surface area (Å²) in [7, 11) is 0. The molecule has 190 valence electrons. The second kappa shape index (κ2) is 23.6. The molecule has 0 aliphatic carbocycles. The molecule has 0 saturated carbocycles. The van der Waals surface area contributed by atoms with Crippen molar-refractivity contribution in [2.75, 3.05) is 13.1 Å². The Hall–Kier alpha value is -0.590. The highest BCUT2D eigenvalue weighted by atomic mass is 32.1. The Balaban J connectivity index is 3.20. The number of nitrogens with one attached hydrogen (secondary N) is 2. The standard InChI is InChI=1S/C26H52N2O3S/c1-23(27-21-17-18-22-28-24(2)26(31)32)19-15-13-11-9-7-5-3-4-6-8-10-12-14-16-20-25(29)30/h23-24,27-28H,3-22H2,1-2H3,(H,29,30)(H,31,32). The maximum absolute atomic E-state index is 11.0. The maximum Gasteiger partial charge on any atom is 0.303 e. The zero-order valence-electron chi connectivity index (χ0n) is 21.0. The van der Waals surface area contributed by atoms with Gasteiger partial charge in [-0.25, -0.2) is 0 Å². The van der Waals surface area contributed by atoms with Gasteiger partial charge in [-0.3, -0.25) is 9.59 Å². The van der Waals surface area contributed by atoms with Crippen LogP contribution in [-0.4, -0.2) is 41.4 Å². The lowest BCUT2D eigenvalue weighted by Gasteiger charge is -2.14. The van der Waals surface area contributed by atoms with E-state index in [0.717, 1.165) is 38.8 Å². The van der Waals surface area contributed by atoms with Crippen LogP contribution in [0.2, 0.25) is 0 Å². The fourth-order valence-corrected chi connectivity index (χ4v) is 4.05. The van der Waals surface area contributed by atoms with Gasteiger partial charge in [0.2, 0.25) is 5.12 Å². The van der Waals surface area contributed by atoms with Crippen LogP contribution in [0.1, 0.15) is 129 Å². The molecule has 32 heavy (non-hydrogen) atoms. The summed E-state index contributed by atoms with van der Waals surface area (Å²) in [6.07, 6.45) is 21.8. The van der Waals surface area contributed by atoms with Crippen molar-refractivity contribution in [3.63, 3.8) is 0 Å². The number of unbranched alkanes of at least 4 members (excludes halogenated alkanes) is 14. The van der Waals surface area contributed by atoms with Crippen molar-refractivity contribution in [2.45, 2.75) is 142 Å². The van der Waals surface area contributed by atoms with E-state index in [1.807, 2.05) is 6.92 Å². The van der Waals surface area contributed by atoms with Crippen molar-refractivity contribution in [1.82, 2.24) is 10.6 Å². The molecule has 0 rings (SSSR count). The molecule has 0 bridgehead atoms. The molecule has 0 fully saturated rings. The number of aliphatic carboxylic acids is 1. The minimum Gasteiger partial charge on any atom is -0.481 e. The number of rotatable bonds is 25. The number of carboxylic acid groups (broad SMARTS) is 1. The van der Waals surface area contributed by atoms with Crippen molar-refractivity contribution in [3.8, 4) is 0 Å². The summed E-state index contributed by atoms with van der Waals surface area (Å²) in [5.74, 6) is -0.664. The number of hydrogen-bond donors (Lipinski definition) is 4. The Morgan fingerprint density at radius 3 is 1.50 bits per heavy atom. The zero-order valence-corrected chi connectivity index (χ0v) is 21.9. The summed E-state index contributed by atoms with van der Waals surface area (Å²) in [6, 6.07) is 0.447. The summed E-state index contributed by atoms with van der Waals surface area (Å²) >= 11 is 3.83. The van der Waals surface area contributed by atoms with Gasteiger partial charge < -0.3 is 15.7 Å². The second-order valence-corrected chi connectivity index (χ2v) is 9.90. The molecule has 6 heteroatoms. The van der Waals surface area contributed by atoms with Crippen LogP contribution < -0.4 is 10.6 Å². The molecule has 0 radical (unpaired) electrons. The maximum atomic E-state index is 11.0. The number of carboxylic acids is 1. The molecule has 0 aromatic carbocycles. The van der Waals surface area contributed by atoms with E-state index < -0.39 is 5.97 Å². The molecule has 2 atom stereocenters. The minimum atomic E-state index is -0.664. The van der Waals surface area contributed by atoms with Gasteiger partial charge in [0.1, 0.15) is 0 Å². The van der Waals surface area contributed by atoms with Gasteiger partial charge in [0.25, 0.3) is 0 Å². The smallest absolute Gasteiger partial charge is 0.303 e. The lowest BCUT2D eigenvalue weighted by atomic mass is 10.0. The Morgan fingerprint density at radius 1 is 0.656 bits per heavy atom. The normalized spacial score (nSPS) is 13.2. The van der Waals surface area contributed by atoms with Gasteiger partial charge in [-0.2, -0.15) is 0 Å². The first kappa shape index (κ1) is 31.4. The first-order valence-electron chi connectivity index (χ1n) is 13.3. The van der Waals surface area contributed by atoms with Crippen molar-refractivity contribution < 1.29 is 14.7 Å². The van der Waals surface area contributed by atoms with Crippen molar-refractivity contribution >= 4 is 23.7 Å². The molecular weight excluding hydrogens is 420 g/mol. The Bertz CT molecular complexity index is 449. The summed E-state index contributed by atoms with van der Waals surface area (Å²) < 4.78 is 0. The van der Waals surface area contributed by atoms with E-state index >= 15 is 0 Å². The first-order chi connectivity index (χ1) is 15.4. The lowest BCUT2D eigenvalue weighted by Crippen LogP contribution is -2.32. The average Bonchev–Trinajstić information content (AvgIpc) is 2.75. The van der Waals surface area contributed by atoms with Crippen LogP contribution in [0.4, 0.5) is 0 Å². The van der Waals surface area contributed by atoms with Crippen molar-refractivity contribution in [3.05, 3.63) is 0 Å². The fourth-order valence-electron chi connectivity index (χ4n) is 3.95. The van der Waals surface area contributed by atoms with Gasteiger partial charge in [0.15, 0.2) is 0 Å². The van der Waals surface area contributed by atoms with Gasteiger partial charge in [-0.1, -0.05) is 83.5 Å². The fraction of sp³-hybridized carbons (Fsp3) is 0.923. The Morgan fingerprint density at radius 2 is 1.06 bits per heavy atom. The Labute approximate surface area is 203 Å². The third kappa shape index (κ3) is 24.1. The highest BCUT2D eigenvalue weighted by Gasteiger charge is 2.06. The van der Waals surface area contributed by atoms with E-state index in [2.05, 4.69) is 30.2 Å². The van der Waals surface area contributed by atoms with Crippen LogP contribution in [0.3, 0.4) is 0 Å². The van der Waals surface area contributed by atoms with Crippen LogP contribution in [0, 0.1) is 0 Å². The van der Waals surface area contributed by atoms with E-state index in [1.165, 1.54) is 83.5 Å². The van der Waals surface area contributed by atoms with Gasteiger partial charge >= 0.3 is 5.97 Å². The molecule has 2 unspecified atom stereocenters. The average molecular weight is 473 g/mol. The van der Waals surface area contributed by atoms with Gasteiger partial charge in [0.05, 0.1) is 6.04 Å². The molecule has 5 nitrogen and oxygen atoms in total. The quantitative estimate of drug-likeness (QED) is 0.0900. The summed E-state index contributed by atoms with van der Waals surface area (Å²) in [6.45, 7) is 6.07. The van der Waals surface area contributed by atoms with Crippen molar-refractivity contribution in [1.29, 1.82) is 0 Å². The molecule has 0 saturated heterocycles. The number of hydrogen-bond acceptors (Lipinski definition) is 4. The number of carbonyl (C=O) groups is 2. The van der Waals surface area contributed by atoms with Crippen LogP contribution in [0.5, 0.6) is 0 Å². The molecule has 0 aromatic rings. The van der Waals surface area contributed by atoms with E-state index in [0.29, 0.717) is 12.5 Å². The van der Waals surface area contributed by atoms with Crippen LogP contribution in [0.15, 0.2) is 0 Å². The number of carbonyl (C=O) groups excluding carboxylic acids is 1. The third-order valence-corrected chi connectivity index (χ3v) is 6.58. The van der Waals surface area contributed by atoms with Gasteiger partial charge in [-0.05, 0) is 52.6 Å². The molecule has 0 aliphatic rings. The highest BCUT2D eigenvalue weighted by Crippen LogP contribution is 2.14. The van der Waals surface area contributed by atoms with Crippen LogP contribution in [-0.2, 0) is 9.59 Å². The Kier molecular flexibility index (Phi) is 23.1. The molecule has 0 spiro atoms. The first-order valence-corrected chi connectivity index (χ1v) is 13.8. The molecule has 3 N–H and O–H groups in total. The molecule has 0 heterocycles. The third-order valence-electron chi connectivity index (χ3n) is 6.20. The molecule has 0 aliphatic heterocycles. The van der Waals surface area contributed by atoms with E-state index in [1.54, 1.807) is 0 Å². The molecular formula is C26H52N2O3S. The van der Waals surface area contributed by atoms with E-state index in [9.17, 15) is 9.59 Å². The molecule has 0 aromatic heterocycles. The predicted molar refractivity (Wildman–Crippen MR) is 140 cm³/mol. The SMILES string of the molecule is CC(CCCCCCCCCCCCCCCCC(=O)O)NCCCCNC(C)C(=O)S. The van der Waals surface area contributed by atoms with Crippen LogP contribution >= 0.6 is 12.6 Å². The van der Waals surface area contributed by atoms with E-state index in [4.69, 9.17) is 5.11 Å². The largest absolute Gasteiger partial charge is 0.481 e. The second-order valence-electron chi connectivity index (χ2n) is 9.46. The topological polar surface area (TPSA) is 78.4 Å². The summed E-state index contributed by atoms with van der Waals surface area (Å²) in [5.41, 5.74) is 0. The number of thiol groups is 1. The highest BCUT2D eigenvalue weighted by molar-refractivity contribution is 7.96. The summed E-state index contributed by atoms with van der Waals surface area (Å²) in [5, 5.41) is 15.3.